The summed E-state index contributed by atoms with van der Waals surface area (Å²) in [6.45, 7) is 9.14. The molecule has 0 spiro atoms. The maximum Gasteiger partial charge on any atom is 0.410 e. The second-order valence-corrected chi connectivity index (χ2v) is 9.65. The minimum absolute atomic E-state index is 0.147. The van der Waals surface area contributed by atoms with Crippen molar-refractivity contribution in [3.8, 4) is 5.75 Å². The largest absolute Gasteiger partial charge is 0.494 e. The molecule has 1 aromatic carbocycles. The van der Waals surface area contributed by atoms with Gasteiger partial charge < -0.3 is 29.3 Å². The van der Waals surface area contributed by atoms with Crippen LogP contribution < -0.4 is 15.0 Å². The molecule has 31 heavy (non-hydrogen) atoms. The molecule has 2 saturated heterocycles. The molecule has 0 aliphatic carbocycles. The van der Waals surface area contributed by atoms with E-state index in [9.17, 15) is 9.59 Å². The van der Waals surface area contributed by atoms with Gasteiger partial charge in [-0.2, -0.15) is 0 Å². The normalized spacial score (nSPS) is 17.4. The Bertz CT molecular complexity index is 974. The van der Waals surface area contributed by atoms with Crippen molar-refractivity contribution < 1.29 is 23.8 Å². The van der Waals surface area contributed by atoms with Crippen molar-refractivity contribution in [1.29, 1.82) is 0 Å². The zero-order valence-electron chi connectivity index (χ0n) is 18.3. The zero-order valence-corrected chi connectivity index (χ0v) is 19.1. The summed E-state index contributed by atoms with van der Waals surface area (Å²) in [5, 5.41) is 3.44. The Kier molecular flexibility index (Phi) is 5.94. The number of methoxy groups -OCH3 is 1. The highest BCUT2D eigenvalue weighted by Crippen LogP contribution is 2.39. The molecule has 0 unspecified atom stereocenters. The first-order valence-electron chi connectivity index (χ1n) is 10.3. The fraction of sp³-hybridized carbons (Fsp3) is 0.571. The average molecular weight is 449 g/mol. The van der Waals surface area contributed by atoms with Crippen molar-refractivity contribution in [3.05, 3.63) is 12.1 Å². The van der Waals surface area contributed by atoms with Gasteiger partial charge in [0.05, 0.1) is 36.6 Å². The van der Waals surface area contributed by atoms with Gasteiger partial charge in [-0.25, -0.2) is 9.78 Å². The van der Waals surface area contributed by atoms with Crippen molar-refractivity contribution >= 4 is 44.4 Å². The summed E-state index contributed by atoms with van der Waals surface area (Å²) in [7, 11) is 1.61. The summed E-state index contributed by atoms with van der Waals surface area (Å²) >= 11 is 1.43. The van der Waals surface area contributed by atoms with Crippen molar-refractivity contribution in [2.45, 2.75) is 26.4 Å². The van der Waals surface area contributed by atoms with Gasteiger partial charge in [-0.05, 0) is 32.9 Å². The van der Waals surface area contributed by atoms with Gasteiger partial charge in [-0.15, -0.1) is 0 Å². The summed E-state index contributed by atoms with van der Waals surface area (Å²) in [5.41, 5.74) is 1.25. The molecule has 2 aliphatic rings. The van der Waals surface area contributed by atoms with Gasteiger partial charge in [-0.1, -0.05) is 11.3 Å². The topological polar surface area (TPSA) is 93.2 Å². The standard InChI is InChI=1S/C21H28N4O5S/c1-21(2,3)30-20(27)25-11-13(12-25)18(26)23-19-22-16-15(28-4)6-5-14(17(16)31-19)24-7-9-29-10-8-24/h5-6,13H,7-12H2,1-4H3,(H,22,23,26). The van der Waals surface area contributed by atoms with Crippen LogP contribution in [0.15, 0.2) is 12.1 Å². The van der Waals surface area contributed by atoms with Crippen LogP contribution in [0, 0.1) is 5.92 Å². The summed E-state index contributed by atoms with van der Waals surface area (Å²) in [5.74, 6) is 0.245. The highest BCUT2D eigenvalue weighted by molar-refractivity contribution is 7.23. The van der Waals surface area contributed by atoms with Crippen LogP contribution in [-0.2, 0) is 14.3 Å². The van der Waals surface area contributed by atoms with Crippen LogP contribution in [0.3, 0.4) is 0 Å². The number of likely N-dealkylation sites (tertiary alicyclic amines) is 1. The van der Waals surface area contributed by atoms with Gasteiger partial charge in [0.1, 0.15) is 16.9 Å². The van der Waals surface area contributed by atoms with Gasteiger partial charge in [0, 0.05) is 26.2 Å². The van der Waals surface area contributed by atoms with E-state index >= 15 is 0 Å². The van der Waals surface area contributed by atoms with Crippen molar-refractivity contribution in [2.75, 3.05) is 56.7 Å². The number of fused-ring (bicyclic) bond motifs is 1. The van der Waals surface area contributed by atoms with Gasteiger partial charge >= 0.3 is 6.09 Å². The van der Waals surface area contributed by atoms with Crippen molar-refractivity contribution in [1.82, 2.24) is 9.88 Å². The molecule has 10 heteroatoms. The number of carbonyl (C=O) groups excluding carboxylic acids is 2. The third kappa shape index (κ3) is 4.69. The molecule has 168 valence electrons. The fourth-order valence-electron chi connectivity index (χ4n) is 3.57. The van der Waals surface area contributed by atoms with E-state index in [0.717, 1.165) is 29.0 Å². The van der Waals surface area contributed by atoms with Crippen LogP contribution in [0.4, 0.5) is 15.6 Å². The molecular weight excluding hydrogens is 420 g/mol. The molecule has 3 heterocycles. The summed E-state index contributed by atoms with van der Waals surface area (Å²) in [6, 6.07) is 3.93. The lowest BCUT2D eigenvalue weighted by molar-refractivity contribution is -0.124. The number of morpholine rings is 1. The molecule has 2 amide bonds. The van der Waals surface area contributed by atoms with E-state index in [1.807, 2.05) is 32.9 Å². The lowest BCUT2D eigenvalue weighted by Gasteiger charge is -2.38. The Hall–Kier alpha value is -2.59. The minimum atomic E-state index is -0.553. The number of nitrogens with zero attached hydrogens (tertiary/aromatic N) is 3. The van der Waals surface area contributed by atoms with Crippen LogP contribution in [-0.4, -0.2) is 74.0 Å². The summed E-state index contributed by atoms with van der Waals surface area (Å²) < 4.78 is 17.3. The number of hydrogen-bond donors (Lipinski definition) is 1. The molecular formula is C21H28N4O5S. The highest BCUT2D eigenvalue weighted by Gasteiger charge is 2.38. The summed E-state index contributed by atoms with van der Waals surface area (Å²) in [4.78, 5) is 33.2. The molecule has 1 N–H and O–H groups in total. The Morgan fingerprint density at radius 2 is 1.94 bits per heavy atom. The maximum atomic E-state index is 12.7. The fourth-order valence-corrected chi connectivity index (χ4v) is 4.60. The number of amides is 2. The van der Waals surface area contributed by atoms with Gasteiger partial charge in [-0.3, -0.25) is 4.79 Å². The first-order valence-corrected chi connectivity index (χ1v) is 11.2. The molecule has 2 fully saturated rings. The molecule has 2 aliphatic heterocycles. The zero-order chi connectivity index (χ0) is 22.2. The highest BCUT2D eigenvalue weighted by atomic mass is 32.1. The third-order valence-electron chi connectivity index (χ3n) is 5.19. The third-order valence-corrected chi connectivity index (χ3v) is 6.18. The van der Waals surface area contributed by atoms with Crippen LogP contribution in [0.25, 0.3) is 10.2 Å². The molecule has 4 rings (SSSR count). The predicted molar refractivity (Wildman–Crippen MR) is 119 cm³/mol. The van der Waals surface area contributed by atoms with E-state index in [-0.39, 0.29) is 11.8 Å². The molecule has 0 atom stereocenters. The number of rotatable bonds is 4. The SMILES string of the molecule is COc1ccc(N2CCOCC2)c2sc(NC(=O)C3CN(C(=O)OC(C)(C)C)C3)nc12. The molecule has 0 bridgehead atoms. The Labute approximate surface area is 185 Å². The number of benzene rings is 1. The molecule has 9 nitrogen and oxygen atoms in total. The lowest BCUT2D eigenvalue weighted by atomic mass is 10.0. The molecule has 1 aromatic heterocycles. The number of carbonyl (C=O) groups is 2. The number of ether oxygens (including phenoxy) is 3. The minimum Gasteiger partial charge on any atom is -0.494 e. The van der Waals surface area contributed by atoms with Crippen LogP contribution in [0.2, 0.25) is 0 Å². The maximum absolute atomic E-state index is 12.7. The van der Waals surface area contributed by atoms with Crippen LogP contribution in [0.5, 0.6) is 5.75 Å². The van der Waals surface area contributed by atoms with Gasteiger partial charge in [0.25, 0.3) is 0 Å². The Morgan fingerprint density at radius 3 is 2.58 bits per heavy atom. The van der Waals surface area contributed by atoms with E-state index in [1.165, 1.54) is 16.2 Å². The quantitative estimate of drug-likeness (QED) is 0.769. The van der Waals surface area contributed by atoms with Crippen molar-refractivity contribution in [3.63, 3.8) is 0 Å². The van der Waals surface area contributed by atoms with Crippen molar-refractivity contribution in [2.24, 2.45) is 5.92 Å². The second-order valence-electron chi connectivity index (χ2n) is 8.65. The average Bonchev–Trinajstić information content (AvgIpc) is 3.08. The first-order chi connectivity index (χ1) is 14.7. The van der Waals surface area contributed by atoms with E-state index in [1.54, 1.807) is 7.11 Å². The predicted octanol–water partition coefficient (Wildman–Crippen LogP) is 2.95. The number of thiazole rings is 1. The second kappa shape index (κ2) is 8.51. The monoisotopic (exact) mass is 448 g/mol. The smallest absolute Gasteiger partial charge is 0.410 e. The number of anilines is 2. The molecule has 2 aromatic rings. The Balaban J connectivity index is 1.45. The Morgan fingerprint density at radius 1 is 1.23 bits per heavy atom. The number of nitrogens with one attached hydrogen (secondary N) is 1. The number of hydrogen-bond acceptors (Lipinski definition) is 8. The van der Waals surface area contributed by atoms with Crippen LogP contribution >= 0.6 is 11.3 Å². The van der Waals surface area contributed by atoms with E-state index < -0.39 is 11.7 Å². The molecule has 0 radical (unpaired) electrons. The van der Waals surface area contributed by atoms with Crippen LogP contribution in [0.1, 0.15) is 20.8 Å². The van der Waals surface area contributed by atoms with Gasteiger partial charge in [0.2, 0.25) is 5.91 Å². The first kappa shape index (κ1) is 21.6. The lowest BCUT2D eigenvalue weighted by Crippen LogP contribution is -2.55. The summed E-state index contributed by atoms with van der Waals surface area (Å²) in [6.07, 6.45) is -0.392. The van der Waals surface area contributed by atoms with E-state index in [4.69, 9.17) is 14.2 Å². The van der Waals surface area contributed by atoms with Gasteiger partial charge in [0.15, 0.2) is 5.13 Å². The number of aromatic nitrogens is 1. The van der Waals surface area contributed by atoms with E-state index in [0.29, 0.717) is 37.2 Å². The van der Waals surface area contributed by atoms with E-state index in [2.05, 4.69) is 15.2 Å². The molecule has 0 saturated carbocycles.